The molecule has 16 nitrogen and oxygen atoms in total. The van der Waals surface area contributed by atoms with E-state index in [0.717, 1.165) is 11.8 Å². The lowest BCUT2D eigenvalue weighted by atomic mass is 9.81. The smallest absolute Gasteiger partial charge is 0.303 e. The molecule has 0 unspecified atom stereocenters. The Kier molecular flexibility index (Phi) is 12.3. The van der Waals surface area contributed by atoms with Crippen LogP contribution in [0.2, 0.25) is 0 Å². The molecule has 54 heavy (non-hydrogen) atoms. The number of carboxylic acid groups (broad SMARTS) is 1. The maximum atomic E-state index is 12.5. The van der Waals surface area contributed by atoms with Crippen molar-refractivity contribution < 1.29 is 66.4 Å². The number of benzene rings is 2. The largest absolute Gasteiger partial charge is 0.481 e. The van der Waals surface area contributed by atoms with Gasteiger partial charge in [0.25, 0.3) is 40.5 Å². The van der Waals surface area contributed by atoms with E-state index in [1.165, 1.54) is 17.0 Å². The van der Waals surface area contributed by atoms with Crippen molar-refractivity contribution in [1.82, 2.24) is 0 Å². The molecule has 2 aromatic carbocycles. The highest BCUT2D eigenvalue weighted by molar-refractivity contribution is 7.87. The molecule has 5 N–H and O–H groups in total. The molecule has 0 atom stereocenters. The standard InChI is InChI=1S/C34H42N2O14S4/c1-33(2)25-20-23(52(42,43)44)15-16-26(25)35(17-10-6-9-14-31(37)38)29(33)12-7-5-8-13-30-34(3,4)32-27(36(30)18-11-19-51(39,40)41)21-24(53(45,46)47)22-28(32)54(48,49)50/h5,7-8,12-13,15-16,20-22H,6,9-11,14,17-19H2,1-4H3,(H4-,37,38,39,40,41,42,43,44,45,46,47,48,49,50)/p+1. The number of aliphatic carboxylic acids is 1. The van der Waals surface area contributed by atoms with E-state index in [1.807, 2.05) is 18.4 Å². The Hall–Kier alpha value is -3.76. The molecule has 2 aliphatic rings. The summed E-state index contributed by atoms with van der Waals surface area (Å²) in [5.41, 5.74) is 0.432. The van der Waals surface area contributed by atoms with E-state index in [-0.39, 0.29) is 35.5 Å². The summed E-state index contributed by atoms with van der Waals surface area (Å²) in [5.74, 6) is -1.57. The second-order valence-corrected chi connectivity index (χ2v) is 19.8. The van der Waals surface area contributed by atoms with Crippen LogP contribution in [0.5, 0.6) is 0 Å². The van der Waals surface area contributed by atoms with E-state index in [9.17, 15) is 56.7 Å². The van der Waals surface area contributed by atoms with Crippen LogP contribution < -0.4 is 4.90 Å². The van der Waals surface area contributed by atoms with Crippen LogP contribution in [0.4, 0.5) is 11.4 Å². The molecule has 296 valence electrons. The maximum absolute atomic E-state index is 12.5. The molecule has 0 amide bonds. The number of carboxylic acids is 1. The van der Waals surface area contributed by atoms with Gasteiger partial charge in [-0.3, -0.25) is 23.0 Å². The zero-order valence-corrected chi connectivity index (χ0v) is 33.1. The number of hydrogen-bond donors (Lipinski definition) is 5. The Morgan fingerprint density at radius 1 is 0.759 bits per heavy atom. The number of anilines is 1. The van der Waals surface area contributed by atoms with Gasteiger partial charge >= 0.3 is 5.97 Å². The van der Waals surface area contributed by atoms with E-state index >= 15 is 0 Å². The molecular weight excluding hydrogens is 789 g/mol. The fourth-order valence-corrected chi connectivity index (χ4v) is 9.44. The zero-order chi connectivity index (χ0) is 40.7. The minimum atomic E-state index is -5.05. The van der Waals surface area contributed by atoms with Crippen LogP contribution in [0, 0.1) is 0 Å². The summed E-state index contributed by atoms with van der Waals surface area (Å²) in [6, 6.07) is 5.96. The molecule has 0 radical (unpaired) electrons. The summed E-state index contributed by atoms with van der Waals surface area (Å²) in [6.45, 7) is 7.30. The van der Waals surface area contributed by atoms with Crippen molar-refractivity contribution in [3.63, 3.8) is 0 Å². The Bertz CT molecular complexity index is 2430. The summed E-state index contributed by atoms with van der Waals surface area (Å²) in [6.07, 6.45) is 9.86. The molecule has 20 heteroatoms. The zero-order valence-electron chi connectivity index (χ0n) is 29.9. The van der Waals surface area contributed by atoms with Crippen LogP contribution in [0.1, 0.15) is 70.9 Å². The monoisotopic (exact) mass is 831 g/mol. The first-order valence-electron chi connectivity index (χ1n) is 16.6. The van der Waals surface area contributed by atoms with Crippen LogP contribution in [0.3, 0.4) is 0 Å². The van der Waals surface area contributed by atoms with Crippen molar-refractivity contribution in [2.24, 2.45) is 0 Å². The lowest BCUT2D eigenvalue weighted by Crippen LogP contribution is -2.28. The van der Waals surface area contributed by atoms with Crippen molar-refractivity contribution in [2.45, 2.75) is 85.3 Å². The predicted molar refractivity (Wildman–Crippen MR) is 199 cm³/mol. The Morgan fingerprint density at radius 2 is 1.41 bits per heavy atom. The Labute approximate surface area is 315 Å². The lowest BCUT2D eigenvalue weighted by molar-refractivity contribution is -0.438. The van der Waals surface area contributed by atoms with Gasteiger partial charge < -0.3 is 10.0 Å². The number of allylic oxidation sites excluding steroid dienone is 6. The van der Waals surface area contributed by atoms with Crippen molar-refractivity contribution in [2.75, 3.05) is 23.7 Å². The highest BCUT2D eigenvalue weighted by atomic mass is 32.2. The maximum Gasteiger partial charge on any atom is 0.303 e. The highest BCUT2D eigenvalue weighted by Crippen LogP contribution is 2.51. The van der Waals surface area contributed by atoms with Crippen LogP contribution in [0.25, 0.3) is 0 Å². The van der Waals surface area contributed by atoms with Gasteiger partial charge in [0.1, 0.15) is 11.4 Å². The molecule has 0 bridgehead atoms. The highest BCUT2D eigenvalue weighted by Gasteiger charge is 2.46. The second kappa shape index (κ2) is 15.4. The third-order valence-electron chi connectivity index (χ3n) is 9.43. The SMILES string of the molecule is CC1(C)C(C=CC=CC=C2N(CCCS(=O)(=O)O)c3cc(S(=O)(=O)O)cc(S(=O)(=O)O)c3C2(C)C)=[N+](CCCCCC(=O)O)c2ccc(S(=O)(=O)O)cc21. The first-order chi connectivity index (χ1) is 24.7. The first kappa shape index (κ1) is 43.0. The molecule has 0 spiro atoms. The van der Waals surface area contributed by atoms with Gasteiger partial charge in [0.2, 0.25) is 5.69 Å². The van der Waals surface area contributed by atoms with Gasteiger partial charge in [-0.05, 0) is 63.5 Å². The number of fused-ring (bicyclic) bond motifs is 2. The molecule has 0 aliphatic carbocycles. The topological polar surface area (TPSA) is 261 Å². The number of rotatable bonds is 16. The van der Waals surface area contributed by atoms with E-state index in [4.69, 9.17) is 5.11 Å². The summed E-state index contributed by atoms with van der Waals surface area (Å²) in [7, 11) is -18.9. The minimum Gasteiger partial charge on any atom is -0.481 e. The van der Waals surface area contributed by atoms with Gasteiger partial charge in [0.05, 0.1) is 21.0 Å². The summed E-state index contributed by atoms with van der Waals surface area (Å²) in [5, 5.41) is 9.01. The average molecular weight is 832 g/mol. The normalized spacial score (nSPS) is 17.9. The number of unbranched alkanes of at least 4 members (excludes halogenated alkanes) is 2. The number of nitrogens with zero attached hydrogens (tertiary/aromatic N) is 2. The summed E-state index contributed by atoms with van der Waals surface area (Å²) < 4.78 is 137. The van der Waals surface area contributed by atoms with E-state index < -0.39 is 72.8 Å². The van der Waals surface area contributed by atoms with Gasteiger partial charge in [0.15, 0.2) is 5.71 Å². The quantitative estimate of drug-likeness (QED) is 0.0674. The van der Waals surface area contributed by atoms with Gasteiger partial charge in [0, 0.05) is 59.5 Å². The molecular formula is C34H43N2O14S4+. The van der Waals surface area contributed by atoms with Gasteiger partial charge in [-0.2, -0.15) is 38.2 Å². The minimum absolute atomic E-state index is 0.0104. The van der Waals surface area contributed by atoms with Gasteiger partial charge in [-0.25, -0.2) is 0 Å². The predicted octanol–water partition coefficient (Wildman–Crippen LogP) is 4.52. The van der Waals surface area contributed by atoms with E-state index in [0.29, 0.717) is 48.8 Å². The van der Waals surface area contributed by atoms with Gasteiger partial charge in [-0.15, -0.1) is 0 Å². The first-order valence-corrected chi connectivity index (χ1v) is 22.5. The van der Waals surface area contributed by atoms with Crippen molar-refractivity contribution in [1.29, 1.82) is 0 Å². The molecule has 2 aliphatic heterocycles. The lowest BCUT2D eigenvalue weighted by Gasteiger charge is -2.27. The molecule has 2 heterocycles. The third kappa shape index (κ3) is 9.54. The molecule has 0 fully saturated rings. The van der Waals surface area contributed by atoms with Crippen LogP contribution in [-0.2, 0) is 56.1 Å². The molecule has 0 saturated carbocycles. The average Bonchev–Trinajstić information content (AvgIpc) is 3.36. The second-order valence-electron chi connectivity index (χ2n) is 14.0. The van der Waals surface area contributed by atoms with Crippen LogP contribution >= 0.6 is 0 Å². The molecule has 4 rings (SSSR count). The fraction of sp³-hybridized carbons (Fsp3) is 0.412. The molecule has 0 aromatic heterocycles. The van der Waals surface area contributed by atoms with E-state index in [1.54, 1.807) is 50.3 Å². The molecule has 2 aromatic rings. The Morgan fingerprint density at radius 3 is 1.98 bits per heavy atom. The van der Waals surface area contributed by atoms with Crippen LogP contribution in [0.15, 0.2) is 81.1 Å². The van der Waals surface area contributed by atoms with Gasteiger partial charge in [-0.1, -0.05) is 32.1 Å². The third-order valence-corrected chi connectivity index (χ3v) is 12.8. The van der Waals surface area contributed by atoms with Crippen molar-refractivity contribution in [3.05, 3.63) is 77.5 Å². The van der Waals surface area contributed by atoms with E-state index in [2.05, 4.69) is 0 Å². The van der Waals surface area contributed by atoms with Crippen molar-refractivity contribution in [3.8, 4) is 0 Å². The van der Waals surface area contributed by atoms with Crippen molar-refractivity contribution >= 4 is 63.5 Å². The molecule has 0 saturated heterocycles. The number of hydrogen-bond acceptors (Lipinski definition) is 10. The fourth-order valence-electron chi connectivity index (χ4n) is 6.95. The summed E-state index contributed by atoms with van der Waals surface area (Å²) in [4.78, 5) is 10.6. The Balaban J connectivity index is 1.78. The number of carbonyl (C=O) groups is 1. The summed E-state index contributed by atoms with van der Waals surface area (Å²) >= 11 is 0. The van der Waals surface area contributed by atoms with Crippen LogP contribution in [-0.4, -0.2) is 92.1 Å².